The van der Waals surface area contributed by atoms with Crippen molar-refractivity contribution in [2.75, 3.05) is 20.1 Å². The summed E-state index contributed by atoms with van der Waals surface area (Å²) in [5, 5.41) is 9.62. The van der Waals surface area contributed by atoms with E-state index < -0.39 is 0 Å². The van der Waals surface area contributed by atoms with Crippen LogP contribution in [0.15, 0.2) is 24.3 Å². The molecule has 0 radical (unpaired) electrons. The number of hydrogen-bond donors (Lipinski definition) is 1. The van der Waals surface area contributed by atoms with Crippen molar-refractivity contribution in [2.45, 2.75) is 44.6 Å². The molecule has 0 saturated carbocycles. The Hall–Kier alpha value is -0.860. The first-order chi connectivity index (χ1) is 8.66. The van der Waals surface area contributed by atoms with E-state index in [1.165, 1.54) is 43.5 Å². The van der Waals surface area contributed by atoms with Gasteiger partial charge in [-0.15, -0.1) is 0 Å². The summed E-state index contributed by atoms with van der Waals surface area (Å²) in [6.45, 7) is 4.28. The van der Waals surface area contributed by atoms with Crippen LogP contribution >= 0.6 is 0 Å². The molecule has 1 heterocycles. The summed E-state index contributed by atoms with van der Waals surface area (Å²) >= 11 is 0. The summed E-state index contributed by atoms with van der Waals surface area (Å²) in [6.07, 6.45) is 4.33. The Morgan fingerprint density at radius 1 is 1.28 bits per heavy atom. The Kier molecular flexibility index (Phi) is 4.79. The topological polar surface area (TPSA) is 23.5 Å². The van der Waals surface area contributed by atoms with Crippen LogP contribution in [-0.2, 0) is 6.42 Å². The smallest absolute Gasteiger partial charge is 0.0552 e. The molecule has 0 aliphatic carbocycles. The number of benzene rings is 1. The first-order valence-corrected chi connectivity index (χ1v) is 7.11. The number of rotatable bonds is 3. The molecule has 0 amide bonds. The lowest BCUT2D eigenvalue weighted by Gasteiger charge is -2.19. The van der Waals surface area contributed by atoms with Crippen LogP contribution in [0.3, 0.4) is 0 Å². The van der Waals surface area contributed by atoms with Gasteiger partial charge in [-0.3, -0.25) is 0 Å². The highest BCUT2D eigenvalue weighted by molar-refractivity contribution is 5.31. The highest BCUT2D eigenvalue weighted by Gasteiger charge is 2.19. The molecule has 2 nitrogen and oxygen atoms in total. The first-order valence-electron chi connectivity index (χ1n) is 7.11. The fraction of sp³-hybridized carbons (Fsp3) is 0.625. The molecule has 0 bridgehead atoms. The van der Waals surface area contributed by atoms with Crippen LogP contribution in [0.4, 0.5) is 0 Å². The maximum absolute atomic E-state index is 9.62. The van der Waals surface area contributed by atoms with E-state index in [4.69, 9.17) is 0 Å². The second kappa shape index (κ2) is 6.35. The lowest BCUT2D eigenvalue weighted by Crippen LogP contribution is -2.18. The third-order valence-corrected chi connectivity index (χ3v) is 3.96. The second-order valence-corrected chi connectivity index (χ2v) is 5.68. The van der Waals surface area contributed by atoms with Crippen molar-refractivity contribution in [3.05, 3.63) is 35.4 Å². The zero-order valence-corrected chi connectivity index (χ0v) is 11.6. The molecule has 1 saturated heterocycles. The Morgan fingerprint density at radius 3 is 2.83 bits per heavy atom. The van der Waals surface area contributed by atoms with Gasteiger partial charge in [0.15, 0.2) is 0 Å². The number of aliphatic hydroxyl groups is 1. The zero-order chi connectivity index (χ0) is 13.0. The Bertz CT molecular complexity index is 375. The van der Waals surface area contributed by atoms with Gasteiger partial charge in [0.25, 0.3) is 0 Å². The van der Waals surface area contributed by atoms with Gasteiger partial charge in [-0.25, -0.2) is 0 Å². The Balaban J connectivity index is 2.15. The van der Waals surface area contributed by atoms with Crippen molar-refractivity contribution in [1.82, 2.24) is 4.90 Å². The van der Waals surface area contributed by atoms with Gasteiger partial charge in [0.2, 0.25) is 0 Å². The molecule has 0 spiro atoms. The lowest BCUT2D eigenvalue weighted by atomic mass is 9.87. The van der Waals surface area contributed by atoms with Crippen molar-refractivity contribution in [3.8, 4) is 0 Å². The van der Waals surface area contributed by atoms with Crippen LogP contribution in [0.2, 0.25) is 0 Å². The Morgan fingerprint density at radius 2 is 2.06 bits per heavy atom. The highest BCUT2D eigenvalue weighted by atomic mass is 16.3. The molecule has 2 atom stereocenters. The standard InChI is InChI=1S/C16H25NO/c1-13(18)12-15-6-3-4-8-16(15)14-7-5-10-17(2)11-9-14/h3-4,6,8,13-14,18H,5,7,9-12H2,1-2H3. The molecule has 18 heavy (non-hydrogen) atoms. The third-order valence-electron chi connectivity index (χ3n) is 3.96. The minimum atomic E-state index is -0.250. The van der Waals surface area contributed by atoms with Crippen LogP contribution < -0.4 is 0 Å². The van der Waals surface area contributed by atoms with Gasteiger partial charge in [-0.1, -0.05) is 24.3 Å². The summed E-state index contributed by atoms with van der Waals surface area (Å²) in [5.74, 6) is 0.671. The van der Waals surface area contributed by atoms with E-state index in [0.717, 1.165) is 6.42 Å². The maximum Gasteiger partial charge on any atom is 0.0552 e. The van der Waals surface area contributed by atoms with Crippen molar-refractivity contribution in [2.24, 2.45) is 0 Å². The third kappa shape index (κ3) is 3.56. The quantitative estimate of drug-likeness (QED) is 0.888. The predicted molar refractivity (Wildman–Crippen MR) is 75.9 cm³/mol. The molecular formula is C16H25NO. The van der Waals surface area contributed by atoms with Gasteiger partial charge >= 0.3 is 0 Å². The first kappa shape index (κ1) is 13.6. The van der Waals surface area contributed by atoms with Crippen molar-refractivity contribution >= 4 is 0 Å². The summed E-state index contributed by atoms with van der Waals surface area (Å²) < 4.78 is 0. The van der Waals surface area contributed by atoms with Crippen molar-refractivity contribution in [3.63, 3.8) is 0 Å². The van der Waals surface area contributed by atoms with E-state index in [0.29, 0.717) is 5.92 Å². The van der Waals surface area contributed by atoms with Crippen LogP contribution in [0, 0.1) is 0 Å². The average Bonchev–Trinajstić information content (AvgIpc) is 2.54. The molecule has 1 aromatic carbocycles. The van der Waals surface area contributed by atoms with Gasteiger partial charge in [-0.2, -0.15) is 0 Å². The van der Waals surface area contributed by atoms with Crippen molar-refractivity contribution < 1.29 is 5.11 Å². The SMILES string of the molecule is CC(O)Cc1ccccc1C1CCCN(C)CC1. The zero-order valence-electron chi connectivity index (χ0n) is 11.6. The number of hydrogen-bond acceptors (Lipinski definition) is 2. The second-order valence-electron chi connectivity index (χ2n) is 5.68. The van der Waals surface area contributed by atoms with E-state index in [1.54, 1.807) is 0 Å². The lowest BCUT2D eigenvalue weighted by molar-refractivity contribution is 0.195. The molecular weight excluding hydrogens is 222 g/mol. The fourth-order valence-electron chi connectivity index (χ4n) is 2.99. The molecule has 1 fully saturated rings. The van der Waals surface area contributed by atoms with E-state index in [9.17, 15) is 5.11 Å². The van der Waals surface area contributed by atoms with Gasteiger partial charge in [0.05, 0.1) is 6.10 Å². The van der Waals surface area contributed by atoms with Crippen LogP contribution in [0.25, 0.3) is 0 Å². The molecule has 2 unspecified atom stereocenters. The van der Waals surface area contributed by atoms with Gasteiger partial charge in [0.1, 0.15) is 0 Å². The number of aliphatic hydroxyl groups excluding tert-OH is 1. The van der Waals surface area contributed by atoms with E-state index >= 15 is 0 Å². The summed E-state index contributed by atoms with van der Waals surface area (Å²) in [6, 6.07) is 8.66. The molecule has 2 rings (SSSR count). The molecule has 2 heteroatoms. The monoisotopic (exact) mass is 247 g/mol. The minimum Gasteiger partial charge on any atom is -0.393 e. The minimum absolute atomic E-state index is 0.250. The Labute approximate surface area is 111 Å². The highest BCUT2D eigenvalue weighted by Crippen LogP contribution is 2.30. The molecule has 1 aromatic rings. The normalized spacial score (nSPS) is 23.6. The summed E-state index contributed by atoms with van der Waals surface area (Å²) in [4.78, 5) is 2.43. The van der Waals surface area contributed by atoms with Crippen molar-refractivity contribution in [1.29, 1.82) is 0 Å². The summed E-state index contributed by atoms with van der Waals surface area (Å²) in [5.41, 5.74) is 2.80. The van der Waals surface area contributed by atoms with Crippen LogP contribution in [0.1, 0.15) is 43.2 Å². The van der Waals surface area contributed by atoms with E-state index in [-0.39, 0.29) is 6.10 Å². The molecule has 1 aliphatic rings. The predicted octanol–water partition coefficient (Wildman–Crippen LogP) is 2.81. The largest absolute Gasteiger partial charge is 0.393 e. The van der Waals surface area contributed by atoms with Crippen LogP contribution in [-0.4, -0.2) is 36.2 Å². The number of nitrogens with zero attached hydrogens (tertiary/aromatic N) is 1. The van der Waals surface area contributed by atoms with Crippen LogP contribution in [0.5, 0.6) is 0 Å². The van der Waals surface area contributed by atoms with Gasteiger partial charge in [-0.05, 0) is 69.8 Å². The molecule has 1 aliphatic heterocycles. The van der Waals surface area contributed by atoms with E-state index in [1.807, 2.05) is 6.92 Å². The van der Waals surface area contributed by atoms with Gasteiger partial charge in [0, 0.05) is 0 Å². The molecule has 100 valence electrons. The molecule has 1 N–H and O–H groups in total. The summed E-state index contributed by atoms with van der Waals surface area (Å²) in [7, 11) is 2.21. The fourth-order valence-corrected chi connectivity index (χ4v) is 2.99. The maximum atomic E-state index is 9.62. The molecule has 0 aromatic heterocycles. The van der Waals surface area contributed by atoms with Gasteiger partial charge < -0.3 is 10.0 Å². The van der Waals surface area contributed by atoms with E-state index in [2.05, 4.69) is 36.2 Å². The average molecular weight is 247 g/mol. The number of likely N-dealkylation sites (tertiary alicyclic amines) is 1.